The monoisotopic (exact) mass is 313 g/mol. The second kappa shape index (κ2) is 6.19. The molecule has 2 N–H and O–H groups in total. The number of tetrazole rings is 1. The third kappa shape index (κ3) is 3.18. The van der Waals surface area contributed by atoms with Crippen LogP contribution in [-0.4, -0.2) is 26.3 Å². The molecule has 0 atom stereocenters. The molecule has 0 aliphatic rings. The van der Waals surface area contributed by atoms with Crippen molar-refractivity contribution in [3.63, 3.8) is 0 Å². The number of aromatic nitrogens is 4. The lowest BCUT2D eigenvalue weighted by Gasteiger charge is -2.07. The van der Waals surface area contributed by atoms with E-state index in [4.69, 9.17) is 17.0 Å². The van der Waals surface area contributed by atoms with E-state index >= 15 is 0 Å². The maximum Gasteiger partial charge on any atom is 0.417 e. The smallest absolute Gasteiger partial charge is 0.410 e. The first-order valence-electron chi connectivity index (χ1n) is 6.37. The van der Waals surface area contributed by atoms with Crippen molar-refractivity contribution >= 4 is 24.0 Å². The Balaban J connectivity index is 1.67. The maximum absolute atomic E-state index is 11.8. The molecule has 2 aromatic carbocycles. The average Bonchev–Trinajstić information content (AvgIpc) is 2.95. The molecule has 22 heavy (non-hydrogen) atoms. The Labute approximate surface area is 130 Å². The second-order valence-electron chi connectivity index (χ2n) is 4.29. The number of nitrogens with one attached hydrogen (secondary N) is 2. The Bertz CT molecular complexity index is 826. The van der Waals surface area contributed by atoms with E-state index in [2.05, 4.69) is 20.8 Å². The van der Waals surface area contributed by atoms with Crippen LogP contribution in [0.25, 0.3) is 5.69 Å². The molecule has 110 valence electrons. The summed E-state index contributed by atoms with van der Waals surface area (Å²) in [5, 5.41) is 12.6. The van der Waals surface area contributed by atoms with E-state index in [-0.39, 0.29) is 0 Å². The minimum atomic E-state index is -0.557. The lowest BCUT2D eigenvalue weighted by Crippen LogP contribution is -2.16. The SMILES string of the molecule is O=C(Nc1ccc(-n2[nH]nnc2=S)cc1)Oc1ccccc1. The van der Waals surface area contributed by atoms with E-state index in [9.17, 15) is 4.79 Å². The predicted molar refractivity (Wildman–Crippen MR) is 82.6 cm³/mol. The number of hydrogen-bond acceptors (Lipinski definition) is 5. The minimum Gasteiger partial charge on any atom is -0.410 e. The molecule has 0 saturated heterocycles. The number of anilines is 1. The fraction of sp³-hybridized carbons (Fsp3) is 0. The summed E-state index contributed by atoms with van der Waals surface area (Å²) in [4.78, 5) is 11.8. The normalized spacial score (nSPS) is 10.2. The summed E-state index contributed by atoms with van der Waals surface area (Å²) in [7, 11) is 0. The average molecular weight is 313 g/mol. The van der Waals surface area contributed by atoms with Crippen molar-refractivity contribution in [3.8, 4) is 11.4 Å². The molecular formula is C14H11N5O2S. The van der Waals surface area contributed by atoms with E-state index in [1.165, 1.54) is 0 Å². The zero-order valence-corrected chi connectivity index (χ0v) is 12.1. The van der Waals surface area contributed by atoms with Gasteiger partial charge in [0.25, 0.3) is 0 Å². The highest BCUT2D eigenvalue weighted by molar-refractivity contribution is 7.71. The molecule has 1 heterocycles. The second-order valence-corrected chi connectivity index (χ2v) is 4.66. The molecule has 7 nitrogen and oxygen atoms in total. The number of amides is 1. The molecule has 0 saturated carbocycles. The molecule has 3 aromatic rings. The van der Waals surface area contributed by atoms with Gasteiger partial charge in [-0.2, -0.15) is 5.21 Å². The van der Waals surface area contributed by atoms with Gasteiger partial charge in [-0.05, 0) is 48.6 Å². The Kier molecular flexibility index (Phi) is 3.92. The van der Waals surface area contributed by atoms with Crippen molar-refractivity contribution in [3.05, 3.63) is 59.4 Å². The first-order chi connectivity index (χ1) is 10.7. The molecular weight excluding hydrogens is 302 g/mol. The third-order valence-electron chi connectivity index (χ3n) is 2.80. The van der Waals surface area contributed by atoms with Crippen LogP contribution in [0, 0.1) is 4.77 Å². The Morgan fingerprint density at radius 2 is 1.86 bits per heavy atom. The maximum atomic E-state index is 11.8. The summed E-state index contributed by atoms with van der Waals surface area (Å²) < 4.78 is 7.01. The topological polar surface area (TPSA) is 84.8 Å². The zero-order chi connectivity index (χ0) is 15.4. The fourth-order valence-corrected chi connectivity index (χ4v) is 1.99. The summed E-state index contributed by atoms with van der Waals surface area (Å²) in [5.74, 6) is 0.478. The largest absolute Gasteiger partial charge is 0.417 e. The number of para-hydroxylation sites is 1. The Morgan fingerprint density at radius 3 is 2.50 bits per heavy atom. The standard InChI is InChI=1S/C14H11N5O2S/c20-14(21-12-4-2-1-3-5-12)15-10-6-8-11(9-7-10)19-13(22)16-17-18-19/h1-9H,(H,15,20)(H,16,18,22). The highest BCUT2D eigenvalue weighted by Crippen LogP contribution is 2.14. The van der Waals surface area contributed by atoms with Crippen molar-refractivity contribution < 1.29 is 9.53 Å². The van der Waals surface area contributed by atoms with Gasteiger partial charge < -0.3 is 4.74 Å². The number of hydrogen-bond donors (Lipinski definition) is 2. The van der Waals surface area contributed by atoms with Crippen molar-refractivity contribution in [2.24, 2.45) is 0 Å². The highest BCUT2D eigenvalue weighted by atomic mass is 32.1. The quantitative estimate of drug-likeness (QED) is 0.726. The number of nitrogens with zero attached hydrogens (tertiary/aromatic N) is 3. The van der Waals surface area contributed by atoms with Crippen LogP contribution in [0.3, 0.4) is 0 Å². The molecule has 0 spiro atoms. The number of benzene rings is 2. The molecule has 1 aromatic heterocycles. The molecule has 1 amide bonds. The van der Waals surface area contributed by atoms with Gasteiger partial charge in [-0.1, -0.05) is 28.5 Å². The zero-order valence-electron chi connectivity index (χ0n) is 11.3. The van der Waals surface area contributed by atoms with Crippen molar-refractivity contribution in [2.45, 2.75) is 0 Å². The minimum absolute atomic E-state index is 0.323. The molecule has 8 heteroatoms. The number of carbonyl (C=O) groups excluding carboxylic acids is 1. The van der Waals surface area contributed by atoms with Crippen molar-refractivity contribution in [1.82, 2.24) is 20.2 Å². The molecule has 0 unspecified atom stereocenters. The van der Waals surface area contributed by atoms with Gasteiger partial charge in [-0.25, -0.2) is 9.48 Å². The van der Waals surface area contributed by atoms with Crippen LogP contribution in [0.2, 0.25) is 0 Å². The number of carbonyl (C=O) groups is 1. The molecule has 0 radical (unpaired) electrons. The number of H-pyrrole nitrogens is 1. The highest BCUT2D eigenvalue weighted by Gasteiger charge is 2.05. The number of ether oxygens (including phenoxy) is 1. The van der Waals surface area contributed by atoms with E-state index in [1.807, 2.05) is 6.07 Å². The molecule has 0 aliphatic heterocycles. The molecule has 3 rings (SSSR count). The molecule has 0 bridgehead atoms. The van der Waals surface area contributed by atoms with Gasteiger partial charge in [0.05, 0.1) is 5.69 Å². The number of rotatable bonds is 3. The first-order valence-corrected chi connectivity index (χ1v) is 6.77. The van der Waals surface area contributed by atoms with Gasteiger partial charge >= 0.3 is 6.09 Å². The number of aromatic amines is 1. The molecule has 0 fully saturated rings. The summed E-state index contributed by atoms with van der Waals surface area (Å²) in [6, 6.07) is 15.8. The van der Waals surface area contributed by atoms with Gasteiger partial charge in [0.2, 0.25) is 4.77 Å². The van der Waals surface area contributed by atoms with Gasteiger partial charge in [-0.3, -0.25) is 5.32 Å². The van der Waals surface area contributed by atoms with Crippen LogP contribution >= 0.6 is 12.2 Å². The van der Waals surface area contributed by atoms with Gasteiger partial charge in [0.15, 0.2) is 0 Å². The summed E-state index contributed by atoms with van der Waals surface area (Å²) in [5.41, 5.74) is 1.36. The third-order valence-corrected chi connectivity index (χ3v) is 3.06. The summed E-state index contributed by atoms with van der Waals surface area (Å²) in [6.07, 6.45) is -0.557. The van der Waals surface area contributed by atoms with Crippen molar-refractivity contribution in [1.29, 1.82) is 0 Å². The summed E-state index contributed by atoms with van der Waals surface area (Å²) in [6.45, 7) is 0. The predicted octanol–water partition coefficient (Wildman–Crippen LogP) is 2.94. The van der Waals surface area contributed by atoms with Gasteiger partial charge in [0.1, 0.15) is 5.75 Å². The van der Waals surface area contributed by atoms with Crippen LogP contribution < -0.4 is 10.1 Å². The van der Waals surface area contributed by atoms with Crippen molar-refractivity contribution in [2.75, 3.05) is 5.32 Å². The van der Waals surface area contributed by atoms with Gasteiger partial charge in [-0.15, -0.1) is 0 Å². The van der Waals surface area contributed by atoms with Crippen LogP contribution in [0.15, 0.2) is 54.6 Å². The van der Waals surface area contributed by atoms with E-state index in [0.29, 0.717) is 16.2 Å². The first kappa shape index (κ1) is 14.0. The van der Waals surface area contributed by atoms with Crippen LogP contribution in [0.1, 0.15) is 0 Å². The van der Waals surface area contributed by atoms with Crippen LogP contribution in [0.5, 0.6) is 5.75 Å². The Hall–Kier alpha value is -3.00. The van der Waals surface area contributed by atoms with Crippen LogP contribution in [0.4, 0.5) is 10.5 Å². The van der Waals surface area contributed by atoms with E-state index in [0.717, 1.165) is 5.69 Å². The summed E-state index contributed by atoms with van der Waals surface area (Å²) >= 11 is 5.01. The van der Waals surface area contributed by atoms with E-state index in [1.54, 1.807) is 53.2 Å². The molecule has 0 aliphatic carbocycles. The Morgan fingerprint density at radius 1 is 1.14 bits per heavy atom. The lowest BCUT2D eigenvalue weighted by molar-refractivity contribution is 0.215. The van der Waals surface area contributed by atoms with E-state index < -0.39 is 6.09 Å². The fourth-order valence-electron chi connectivity index (χ4n) is 1.80. The van der Waals surface area contributed by atoms with Crippen LogP contribution in [-0.2, 0) is 0 Å². The van der Waals surface area contributed by atoms with Gasteiger partial charge in [0, 0.05) is 5.69 Å². The lowest BCUT2D eigenvalue weighted by atomic mass is 10.3.